The summed E-state index contributed by atoms with van der Waals surface area (Å²) in [5.74, 6) is 0.611. The van der Waals surface area contributed by atoms with Crippen LogP contribution in [-0.4, -0.2) is 12.0 Å². The van der Waals surface area contributed by atoms with Gasteiger partial charge in [0.05, 0.1) is 5.69 Å². The summed E-state index contributed by atoms with van der Waals surface area (Å²) >= 11 is 0. The molecule has 1 heterocycles. The monoisotopic (exact) mass is 217 g/mol. The zero-order valence-electron chi connectivity index (χ0n) is 10.2. The van der Waals surface area contributed by atoms with Gasteiger partial charge in [-0.15, -0.1) is 0 Å². The van der Waals surface area contributed by atoms with Gasteiger partial charge in [-0.1, -0.05) is 32.0 Å². The number of fused-ring (bicyclic) bond motifs is 1. The van der Waals surface area contributed by atoms with Gasteiger partial charge in [0.25, 0.3) is 0 Å². The third kappa shape index (κ3) is 3.30. The van der Waals surface area contributed by atoms with Gasteiger partial charge in [-0.3, -0.25) is 4.99 Å². The molecule has 86 valence electrons. The zero-order chi connectivity index (χ0) is 12.0. The Kier molecular flexibility index (Phi) is 4.90. The molecular formula is C14H19NO. The normalized spacial score (nSPS) is 17.7. The van der Waals surface area contributed by atoms with Crippen molar-refractivity contribution >= 4 is 17.7 Å². The Morgan fingerprint density at radius 1 is 1.44 bits per heavy atom. The fraction of sp³-hybridized carbons (Fsp3) is 0.429. The second kappa shape index (κ2) is 6.21. The predicted molar refractivity (Wildman–Crippen MR) is 68.4 cm³/mol. The SMILES string of the molecule is CC1=Nc2ccccc2CC1C.CCC=O. The number of carbonyl (C=O) groups is 1. The van der Waals surface area contributed by atoms with E-state index < -0.39 is 0 Å². The van der Waals surface area contributed by atoms with Gasteiger partial charge in [0.2, 0.25) is 0 Å². The topological polar surface area (TPSA) is 29.4 Å². The number of carbonyl (C=O) groups excluding carboxylic acids is 1. The molecule has 2 nitrogen and oxygen atoms in total. The highest BCUT2D eigenvalue weighted by atomic mass is 16.1. The summed E-state index contributed by atoms with van der Waals surface area (Å²) in [4.78, 5) is 13.7. The molecule has 0 aromatic heterocycles. The number of hydrogen-bond donors (Lipinski definition) is 0. The lowest BCUT2D eigenvalue weighted by atomic mass is 9.93. The van der Waals surface area contributed by atoms with E-state index in [0.717, 1.165) is 18.4 Å². The smallest absolute Gasteiger partial charge is 0.119 e. The number of para-hydroxylation sites is 1. The predicted octanol–water partition coefficient (Wildman–Crippen LogP) is 3.57. The van der Waals surface area contributed by atoms with Crippen molar-refractivity contribution in [2.45, 2.75) is 33.6 Å². The van der Waals surface area contributed by atoms with Crippen molar-refractivity contribution in [1.82, 2.24) is 0 Å². The first kappa shape index (κ1) is 12.6. The quantitative estimate of drug-likeness (QED) is 0.661. The van der Waals surface area contributed by atoms with E-state index in [9.17, 15) is 4.79 Å². The molecule has 16 heavy (non-hydrogen) atoms. The Morgan fingerprint density at radius 3 is 2.69 bits per heavy atom. The highest BCUT2D eigenvalue weighted by Gasteiger charge is 2.14. The molecule has 2 heteroatoms. The van der Waals surface area contributed by atoms with Gasteiger partial charge in [0.15, 0.2) is 0 Å². The summed E-state index contributed by atoms with van der Waals surface area (Å²) < 4.78 is 0. The number of rotatable bonds is 1. The van der Waals surface area contributed by atoms with Crippen LogP contribution in [0.1, 0.15) is 32.8 Å². The molecule has 0 spiro atoms. The molecule has 2 rings (SSSR count). The van der Waals surface area contributed by atoms with Crippen molar-refractivity contribution in [1.29, 1.82) is 0 Å². The van der Waals surface area contributed by atoms with E-state index >= 15 is 0 Å². The summed E-state index contributed by atoms with van der Waals surface area (Å²) in [5.41, 5.74) is 3.80. The van der Waals surface area contributed by atoms with Gasteiger partial charge >= 0.3 is 0 Å². The minimum Gasteiger partial charge on any atom is -0.303 e. The maximum Gasteiger partial charge on any atom is 0.119 e. The lowest BCUT2D eigenvalue weighted by Crippen LogP contribution is -2.13. The van der Waals surface area contributed by atoms with Crippen LogP contribution in [0.4, 0.5) is 5.69 Å². The van der Waals surface area contributed by atoms with Crippen LogP contribution in [0.25, 0.3) is 0 Å². The van der Waals surface area contributed by atoms with Crippen molar-refractivity contribution < 1.29 is 4.79 Å². The first-order chi connectivity index (χ1) is 7.69. The van der Waals surface area contributed by atoms with Crippen molar-refractivity contribution in [3.05, 3.63) is 29.8 Å². The molecular weight excluding hydrogens is 198 g/mol. The number of aliphatic imine (C=N–C) groups is 1. The van der Waals surface area contributed by atoms with Gasteiger partial charge in [0, 0.05) is 12.1 Å². The highest BCUT2D eigenvalue weighted by molar-refractivity contribution is 5.88. The van der Waals surface area contributed by atoms with E-state index in [-0.39, 0.29) is 0 Å². The molecule has 0 saturated heterocycles. The Balaban J connectivity index is 0.000000280. The van der Waals surface area contributed by atoms with Crippen molar-refractivity contribution in [2.24, 2.45) is 10.9 Å². The molecule has 1 atom stereocenters. The molecule has 1 aromatic rings. The zero-order valence-corrected chi connectivity index (χ0v) is 10.2. The van der Waals surface area contributed by atoms with E-state index in [2.05, 4.69) is 37.0 Å². The molecule has 0 fully saturated rings. The molecule has 0 aliphatic carbocycles. The standard InChI is InChI=1S/C11H13N.C3H6O/c1-8-7-10-5-3-4-6-11(10)12-9(8)2;1-2-3-4/h3-6,8H,7H2,1-2H3;3H,2H2,1H3. The number of hydrogen-bond acceptors (Lipinski definition) is 2. The maximum atomic E-state index is 9.17. The molecule has 0 saturated carbocycles. The molecule has 0 N–H and O–H groups in total. The average molecular weight is 217 g/mol. The van der Waals surface area contributed by atoms with Crippen LogP contribution in [0.2, 0.25) is 0 Å². The number of aldehydes is 1. The van der Waals surface area contributed by atoms with Crippen molar-refractivity contribution in [2.75, 3.05) is 0 Å². The highest BCUT2D eigenvalue weighted by Crippen LogP contribution is 2.27. The van der Waals surface area contributed by atoms with Crippen LogP contribution in [0, 0.1) is 5.92 Å². The van der Waals surface area contributed by atoms with Crippen LogP contribution >= 0.6 is 0 Å². The minimum atomic E-state index is 0.611. The Hall–Kier alpha value is -1.44. The first-order valence-corrected chi connectivity index (χ1v) is 5.75. The average Bonchev–Trinajstić information content (AvgIpc) is 2.31. The van der Waals surface area contributed by atoms with Crippen LogP contribution < -0.4 is 0 Å². The Bertz CT molecular complexity index is 382. The van der Waals surface area contributed by atoms with Crippen molar-refractivity contribution in [3.8, 4) is 0 Å². The van der Waals surface area contributed by atoms with Gasteiger partial charge < -0.3 is 4.79 Å². The first-order valence-electron chi connectivity index (χ1n) is 5.75. The molecule has 1 unspecified atom stereocenters. The number of benzene rings is 1. The van der Waals surface area contributed by atoms with E-state index in [1.807, 2.05) is 13.0 Å². The Labute approximate surface area is 97.4 Å². The summed E-state index contributed by atoms with van der Waals surface area (Å²) in [7, 11) is 0. The third-order valence-electron chi connectivity index (χ3n) is 2.69. The Morgan fingerprint density at radius 2 is 2.06 bits per heavy atom. The summed E-state index contributed by atoms with van der Waals surface area (Å²) in [6, 6.07) is 8.39. The fourth-order valence-electron chi connectivity index (χ4n) is 1.57. The molecule has 1 aliphatic heterocycles. The maximum absolute atomic E-state index is 9.17. The van der Waals surface area contributed by atoms with Crippen LogP contribution in [0.5, 0.6) is 0 Å². The molecule has 0 bridgehead atoms. The van der Waals surface area contributed by atoms with Crippen LogP contribution in [-0.2, 0) is 11.2 Å². The van der Waals surface area contributed by atoms with Gasteiger partial charge in [-0.05, 0) is 30.9 Å². The number of nitrogens with zero attached hydrogens (tertiary/aromatic N) is 1. The summed E-state index contributed by atoms with van der Waals surface area (Å²) in [5, 5.41) is 0. The third-order valence-corrected chi connectivity index (χ3v) is 2.69. The summed E-state index contributed by atoms with van der Waals surface area (Å²) in [6.07, 6.45) is 2.66. The van der Waals surface area contributed by atoms with Gasteiger partial charge in [-0.25, -0.2) is 0 Å². The van der Waals surface area contributed by atoms with Crippen LogP contribution in [0.3, 0.4) is 0 Å². The van der Waals surface area contributed by atoms with Crippen molar-refractivity contribution in [3.63, 3.8) is 0 Å². The van der Waals surface area contributed by atoms with Crippen LogP contribution in [0.15, 0.2) is 29.3 Å². The lowest BCUT2D eigenvalue weighted by Gasteiger charge is -2.18. The fourth-order valence-corrected chi connectivity index (χ4v) is 1.57. The van der Waals surface area contributed by atoms with E-state index in [0.29, 0.717) is 12.3 Å². The lowest BCUT2D eigenvalue weighted by molar-refractivity contribution is -0.107. The summed E-state index contributed by atoms with van der Waals surface area (Å²) in [6.45, 7) is 6.16. The largest absolute Gasteiger partial charge is 0.303 e. The second-order valence-electron chi connectivity index (χ2n) is 4.06. The van der Waals surface area contributed by atoms with E-state index in [4.69, 9.17) is 0 Å². The molecule has 1 aliphatic rings. The van der Waals surface area contributed by atoms with Gasteiger partial charge in [-0.2, -0.15) is 0 Å². The van der Waals surface area contributed by atoms with Gasteiger partial charge in [0.1, 0.15) is 6.29 Å². The molecule has 0 radical (unpaired) electrons. The minimum absolute atomic E-state index is 0.611. The van der Waals surface area contributed by atoms with E-state index in [1.54, 1.807) is 0 Å². The molecule has 0 amide bonds. The molecule has 1 aromatic carbocycles. The van der Waals surface area contributed by atoms with E-state index in [1.165, 1.54) is 11.3 Å². The second-order valence-corrected chi connectivity index (χ2v) is 4.06.